The Balaban J connectivity index is 1.55. The number of anilines is 1. The summed E-state index contributed by atoms with van der Waals surface area (Å²) in [4.78, 5) is 17.2. The Morgan fingerprint density at radius 1 is 1.19 bits per heavy atom. The Labute approximate surface area is 195 Å². The van der Waals surface area contributed by atoms with Crippen LogP contribution < -0.4 is 14.8 Å². The van der Waals surface area contributed by atoms with E-state index in [1.807, 2.05) is 18.2 Å². The number of hydrogen-bond acceptors (Lipinski definition) is 6. The third-order valence-electron chi connectivity index (χ3n) is 5.27. The zero-order valence-corrected chi connectivity index (χ0v) is 19.7. The monoisotopic (exact) mass is 491 g/mol. The molecule has 0 aliphatic heterocycles. The second-order valence-electron chi connectivity index (χ2n) is 7.44. The smallest absolute Gasteiger partial charge is 0.257 e. The highest BCUT2D eigenvalue weighted by atomic mass is 35.5. The minimum absolute atomic E-state index is 0.0598. The highest BCUT2D eigenvalue weighted by Gasteiger charge is 2.26. The Morgan fingerprint density at radius 2 is 1.94 bits per heavy atom. The van der Waals surface area contributed by atoms with Gasteiger partial charge in [0.1, 0.15) is 10.6 Å². The van der Waals surface area contributed by atoms with Gasteiger partial charge in [-0.1, -0.05) is 42.6 Å². The standard InChI is InChI=1S/C22H22ClN3O4S2/c1-30-19-11-10-14(12-20(19)32(28,29)26-15-6-2-3-7-15)21(27)25-22-24-18(13-31-22)16-8-4-5-9-17(16)23/h4-5,8-13,15,26H,2-3,6-7H2,1H3,(H,24,25,27). The molecule has 1 aromatic heterocycles. The fraction of sp³-hybridized carbons (Fsp3) is 0.273. The van der Waals surface area contributed by atoms with E-state index in [-0.39, 0.29) is 22.3 Å². The molecule has 0 radical (unpaired) electrons. The Kier molecular flexibility index (Phi) is 6.80. The third kappa shape index (κ3) is 4.96. The van der Waals surface area contributed by atoms with Crippen molar-refractivity contribution in [3.63, 3.8) is 0 Å². The summed E-state index contributed by atoms with van der Waals surface area (Å²) in [5.74, 6) is -0.285. The van der Waals surface area contributed by atoms with Crippen LogP contribution in [0.15, 0.2) is 52.7 Å². The summed E-state index contributed by atoms with van der Waals surface area (Å²) in [6, 6.07) is 11.5. The number of thiazole rings is 1. The maximum absolute atomic E-state index is 12.9. The van der Waals surface area contributed by atoms with Gasteiger partial charge < -0.3 is 4.74 Å². The highest BCUT2D eigenvalue weighted by Crippen LogP contribution is 2.31. The molecule has 2 N–H and O–H groups in total. The van der Waals surface area contributed by atoms with Crippen molar-refractivity contribution in [1.82, 2.24) is 9.71 Å². The van der Waals surface area contributed by atoms with Gasteiger partial charge in [0.25, 0.3) is 5.91 Å². The first-order valence-corrected chi connectivity index (χ1v) is 12.8. The van der Waals surface area contributed by atoms with E-state index in [4.69, 9.17) is 16.3 Å². The minimum Gasteiger partial charge on any atom is -0.495 e. The van der Waals surface area contributed by atoms with Crippen LogP contribution in [0.4, 0.5) is 5.13 Å². The molecule has 1 saturated carbocycles. The van der Waals surface area contributed by atoms with E-state index in [9.17, 15) is 13.2 Å². The normalized spacial score (nSPS) is 14.4. The zero-order chi connectivity index (χ0) is 22.7. The minimum atomic E-state index is -3.83. The van der Waals surface area contributed by atoms with E-state index in [1.165, 1.54) is 36.6 Å². The third-order valence-corrected chi connectivity index (χ3v) is 7.90. The number of rotatable bonds is 7. The molecule has 0 saturated heterocycles. The maximum atomic E-state index is 12.9. The number of aromatic nitrogens is 1. The van der Waals surface area contributed by atoms with Crippen LogP contribution in [0.1, 0.15) is 36.0 Å². The van der Waals surface area contributed by atoms with Gasteiger partial charge in [0.2, 0.25) is 10.0 Å². The van der Waals surface area contributed by atoms with Gasteiger partial charge >= 0.3 is 0 Å². The highest BCUT2D eigenvalue weighted by molar-refractivity contribution is 7.89. The van der Waals surface area contributed by atoms with Crippen molar-refractivity contribution in [2.75, 3.05) is 12.4 Å². The predicted molar refractivity (Wildman–Crippen MR) is 126 cm³/mol. The van der Waals surface area contributed by atoms with Crippen LogP contribution in [0.3, 0.4) is 0 Å². The largest absolute Gasteiger partial charge is 0.495 e. The summed E-state index contributed by atoms with van der Waals surface area (Å²) < 4.78 is 33.9. The number of nitrogens with zero attached hydrogens (tertiary/aromatic N) is 1. The van der Waals surface area contributed by atoms with Crippen molar-refractivity contribution < 1.29 is 17.9 Å². The van der Waals surface area contributed by atoms with Gasteiger partial charge in [0.15, 0.2) is 5.13 Å². The molecule has 3 aromatic rings. The molecule has 4 rings (SSSR count). The van der Waals surface area contributed by atoms with Gasteiger partial charge in [-0.05, 0) is 37.1 Å². The fourth-order valence-electron chi connectivity index (χ4n) is 3.65. The van der Waals surface area contributed by atoms with Crippen LogP contribution >= 0.6 is 22.9 Å². The van der Waals surface area contributed by atoms with Crippen molar-refractivity contribution in [3.8, 4) is 17.0 Å². The van der Waals surface area contributed by atoms with E-state index in [1.54, 1.807) is 11.4 Å². The molecule has 7 nitrogen and oxygen atoms in total. The lowest BCUT2D eigenvalue weighted by Crippen LogP contribution is -2.33. The number of nitrogens with one attached hydrogen (secondary N) is 2. The zero-order valence-electron chi connectivity index (χ0n) is 17.3. The lowest BCUT2D eigenvalue weighted by molar-refractivity contribution is 0.102. The quantitative estimate of drug-likeness (QED) is 0.487. The first-order chi connectivity index (χ1) is 15.4. The van der Waals surface area contributed by atoms with Crippen LogP contribution in [0.25, 0.3) is 11.3 Å². The van der Waals surface area contributed by atoms with Crippen LogP contribution in [-0.4, -0.2) is 32.5 Å². The molecular formula is C22H22ClN3O4S2. The Morgan fingerprint density at radius 3 is 2.66 bits per heavy atom. The average Bonchev–Trinajstić information content (AvgIpc) is 3.45. The Hall–Kier alpha value is -2.46. The molecule has 1 aliphatic carbocycles. The molecule has 32 heavy (non-hydrogen) atoms. The summed E-state index contributed by atoms with van der Waals surface area (Å²) in [5.41, 5.74) is 1.60. The number of amides is 1. The second kappa shape index (κ2) is 9.58. The van der Waals surface area contributed by atoms with E-state index >= 15 is 0 Å². The molecule has 0 spiro atoms. The second-order valence-corrected chi connectivity index (χ2v) is 10.4. The molecule has 1 fully saturated rings. The van der Waals surface area contributed by atoms with E-state index < -0.39 is 15.9 Å². The van der Waals surface area contributed by atoms with Crippen LogP contribution in [-0.2, 0) is 10.0 Å². The fourth-order valence-corrected chi connectivity index (χ4v) is 6.09. The van der Waals surface area contributed by atoms with E-state index in [0.717, 1.165) is 31.2 Å². The first kappa shape index (κ1) is 22.7. The molecule has 1 heterocycles. The van der Waals surface area contributed by atoms with Crippen molar-refractivity contribution in [1.29, 1.82) is 0 Å². The molecule has 2 aromatic carbocycles. The molecule has 168 valence electrons. The number of carbonyl (C=O) groups is 1. The molecule has 1 aliphatic rings. The topological polar surface area (TPSA) is 97.4 Å². The molecule has 0 atom stereocenters. The number of carbonyl (C=O) groups excluding carboxylic acids is 1. The molecular weight excluding hydrogens is 470 g/mol. The van der Waals surface area contributed by atoms with Gasteiger partial charge in [-0.15, -0.1) is 11.3 Å². The SMILES string of the molecule is COc1ccc(C(=O)Nc2nc(-c3ccccc3Cl)cs2)cc1S(=O)(=O)NC1CCCC1. The van der Waals surface area contributed by atoms with Gasteiger partial charge in [-0.3, -0.25) is 10.1 Å². The van der Waals surface area contributed by atoms with Crippen LogP contribution in [0.5, 0.6) is 5.75 Å². The molecule has 1 amide bonds. The van der Waals surface area contributed by atoms with Crippen molar-refractivity contribution in [3.05, 3.63) is 58.4 Å². The number of hydrogen-bond donors (Lipinski definition) is 2. The summed E-state index contributed by atoms with van der Waals surface area (Å²) in [7, 11) is -2.44. The number of halogens is 1. The van der Waals surface area contributed by atoms with Gasteiger partial charge in [0.05, 0.1) is 12.8 Å². The van der Waals surface area contributed by atoms with Crippen molar-refractivity contribution >= 4 is 44.0 Å². The molecule has 10 heteroatoms. The molecule has 0 bridgehead atoms. The summed E-state index contributed by atoms with van der Waals surface area (Å²) in [5, 5.41) is 5.47. The van der Waals surface area contributed by atoms with Gasteiger partial charge in [-0.25, -0.2) is 18.1 Å². The first-order valence-electron chi connectivity index (χ1n) is 10.1. The predicted octanol–water partition coefficient (Wildman–Crippen LogP) is 4.95. The lowest BCUT2D eigenvalue weighted by Gasteiger charge is -2.15. The lowest BCUT2D eigenvalue weighted by atomic mass is 10.2. The van der Waals surface area contributed by atoms with Crippen molar-refractivity contribution in [2.45, 2.75) is 36.6 Å². The summed E-state index contributed by atoms with van der Waals surface area (Å²) in [6.45, 7) is 0. The number of methoxy groups -OCH3 is 1. The number of sulfonamides is 1. The van der Waals surface area contributed by atoms with Crippen LogP contribution in [0, 0.1) is 0 Å². The van der Waals surface area contributed by atoms with Crippen LogP contribution in [0.2, 0.25) is 5.02 Å². The Bertz CT molecular complexity index is 1240. The van der Waals surface area contributed by atoms with Crippen molar-refractivity contribution in [2.24, 2.45) is 0 Å². The summed E-state index contributed by atoms with van der Waals surface area (Å²) in [6.07, 6.45) is 3.60. The summed E-state index contributed by atoms with van der Waals surface area (Å²) >= 11 is 7.48. The van der Waals surface area contributed by atoms with E-state index in [0.29, 0.717) is 15.8 Å². The maximum Gasteiger partial charge on any atom is 0.257 e. The average molecular weight is 492 g/mol. The van der Waals surface area contributed by atoms with Gasteiger partial charge in [0, 0.05) is 27.6 Å². The van der Waals surface area contributed by atoms with Gasteiger partial charge in [-0.2, -0.15) is 0 Å². The number of ether oxygens (including phenoxy) is 1. The molecule has 0 unspecified atom stereocenters. The van der Waals surface area contributed by atoms with E-state index in [2.05, 4.69) is 15.0 Å². The number of benzene rings is 2.